The largest absolute Gasteiger partial charge is 0.459 e. The second-order valence-electron chi connectivity index (χ2n) is 17.0. The third-order valence-electron chi connectivity index (χ3n) is 8.98. The van der Waals surface area contributed by atoms with Crippen molar-refractivity contribution in [3.63, 3.8) is 0 Å². The molecule has 3 aliphatic rings. The number of ether oxygens (including phenoxy) is 3. The summed E-state index contributed by atoms with van der Waals surface area (Å²) in [7, 11) is 0. The summed E-state index contributed by atoms with van der Waals surface area (Å²) in [5, 5.41) is 3.25. The molecule has 12 nitrogen and oxygen atoms in total. The monoisotopic (exact) mass is 745 g/mol. The highest BCUT2D eigenvalue weighted by molar-refractivity contribution is 5.90. The van der Waals surface area contributed by atoms with Crippen molar-refractivity contribution in [2.45, 2.75) is 156 Å². The van der Waals surface area contributed by atoms with Crippen LogP contribution < -0.4 is 5.32 Å². The Morgan fingerprint density at radius 2 is 1.53 bits per heavy atom. The smallest absolute Gasteiger partial charge is 0.410 e. The lowest BCUT2D eigenvalue weighted by Crippen LogP contribution is -2.54. The summed E-state index contributed by atoms with van der Waals surface area (Å²) in [6, 6.07) is -1.28. The first-order valence-corrected chi connectivity index (χ1v) is 19.3. The number of nitrogens with zero attached hydrogens (tertiary/aromatic N) is 3. The Hall–Kier alpha value is -3.67. The van der Waals surface area contributed by atoms with Crippen molar-refractivity contribution in [1.82, 2.24) is 20.0 Å². The molecule has 53 heavy (non-hydrogen) atoms. The van der Waals surface area contributed by atoms with Gasteiger partial charge in [-0.25, -0.2) is 4.79 Å². The highest BCUT2D eigenvalue weighted by Gasteiger charge is 2.45. The molecule has 2 fully saturated rings. The van der Waals surface area contributed by atoms with Gasteiger partial charge in [-0.3, -0.25) is 24.1 Å². The summed E-state index contributed by atoms with van der Waals surface area (Å²) in [4.78, 5) is 68.8. The van der Waals surface area contributed by atoms with Gasteiger partial charge in [-0.05, 0) is 101 Å². The third kappa shape index (κ3) is 14.2. The van der Waals surface area contributed by atoms with E-state index in [-0.39, 0.29) is 60.8 Å². The Kier molecular flexibility index (Phi) is 16.8. The summed E-state index contributed by atoms with van der Waals surface area (Å²) >= 11 is 0. The van der Waals surface area contributed by atoms with Gasteiger partial charge in [0.15, 0.2) is 0 Å². The first-order chi connectivity index (χ1) is 24.5. The maximum atomic E-state index is 13.8. The van der Waals surface area contributed by atoms with Crippen LogP contribution in [0.4, 0.5) is 4.79 Å². The Bertz CT molecular complexity index is 1340. The van der Waals surface area contributed by atoms with E-state index in [0.29, 0.717) is 19.4 Å². The molecule has 0 bridgehead atoms. The number of carbonyl (C=O) groups is 5. The SMILES string of the molecule is C=C[C@H]1CCN(C(=O)OC(C)(C)C)[C@@H]1C(=O)N(CC(=O)OC(C)(C)C)[C@@H](/C=C/CC)CC.CC[C@@H]1C=C[C@H]2CCN[C@@H]2C(=O)N1CC(=O)OC(C)(C)C. The molecule has 0 aliphatic carbocycles. The van der Waals surface area contributed by atoms with Crippen molar-refractivity contribution in [3.05, 3.63) is 37.0 Å². The van der Waals surface area contributed by atoms with Crippen molar-refractivity contribution in [2.75, 3.05) is 26.2 Å². The number of allylic oxidation sites excluding steroid dienone is 1. The molecule has 0 aromatic rings. The van der Waals surface area contributed by atoms with Crippen molar-refractivity contribution < 1.29 is 38.2 Å². The van der Waals surface area contributed by atoms with Gasteiger partial charge < -0.3 is 29.3 Å². The number of rotatable bonds is 11. The number of esters is 2. The average molecular weight is 745 g/mol. The van der Waals surface area contributed by atoms with E-state index in [1.165, 1.54) is 9.80 Å². The maximum Gasteiger partial charge on any atom is 0.410 e. The summed E-state index contributed by atoms with van der Waals surface area (Å²) in [6.07, 6.45) is 13.1. The Morgan fingerprint density at radius 1 is 0.925 bits per heavy atom. The van der Waals surface area contributed by atoms with Crippen molar-refractivity contribution in [2.24, 2.45) is 11.8 Å². The van der Waals surface area contributed by atoms with Gasteiger partial charge in [-0.1, -0.05) is 51.2 Å². The zero-order chi connectivity index (χ0) is 40.3. The molecule has 3 amide bonds. The zero-order valence-electron chi connectivity index (χ0n) is 34.5. The van der Waals surface area contributed by atoms with E-state index < -0.39 is 34.9 Å². The van der Waals surface area contributed by atoms with Crippen molar-refractivity contribution in [1.29, 1.82) is 0 Å². The van der Waals surface area contributed by atoms with Crippen LogP contribution in [0.2, 0.25) is 0 Å². The Balaban J connectivity index is 0.000000398. The fourth-order valence-corrected chi connectivity index (χ4v) is 6.68. The first-order valence-electron chi connectivity index (χ1n) is 19.3. The maximum absolute atomic E-state index is 13.8. The van der Waals surface area contributed by atoms with E-state index in [2.05, 4.69) is 24.0 Å². The van der Waals surface area contributed by atoms with E-state index in [9.17, 15) is 24.0 Å². The lowest BCUT2D eigenvalue weighted by Gasteiger charge is -2.36. The summed E-state index contributed by atoms with van der Waals surface area (Å²) in [6.45, 7) is 27.2. The van der Waals surface area contributed by atoms with Crippen molar-refractivity contribution in [3.8, 4) is 0 Å². The second-order valence-corrected chi connectivity index (χ2v) is 17.0. The molecular formula is C41H68N4O8. The number of amides is 3. The van der Waals surface area contributed by atoms with E-state index in [1.807, 2.05) is 53.7 Å². The average Bonchev–Trinajstić information content (AvgIpc) is 3.66. The number of hydrogen-bond acceptors (Lipinski definition) is 9. The van der Waals surface area contributed by atoms with Gasteiger partial charge in [0, 0.05) is 18.4 Å². The zero-order valence-corrected chi connectivity index (χ0v) is 34.5. The summed E-state index contributed by atoms with van der Waals surface area (Å²) < 4.78 is 16.4. The number of nitrogens with one attached hydrogen (secondary N) is 1. The van der Waals surface area contributed by atoms with Crippen LogP contribution in [-0.2, 0) is 33.4 Å². The molecular weight excluding hydrogens is 676 g/mol. The molecule has 12 heteroatoms. The van der Waals surface area contributed by atoms with Crippen LogP contribution >= 0.6 is 0 Å². The lowest BCUT2D eigenvalue weighted by atomic mass is 9.98. The fourth-order valence-electron chi connectivity index (χ4n) is 6.68. The molecule has 0 aromatic heterocycles. The molecule has 2 saturated heterocycles. The van der Waals surface area contributed by atoms with E-state index in [4.69, 9.17) is 14.2 Å². The van der Waals surface area contributed by atoms with Gasteiger partial charge in [0.1, 0.15) is 35.9 Å². The van der Waals surface area contributed by atoms with Gasteiger partial charge in [-0.2, -0.15) is 0 Å². The molecule has 300 valence electrons. The minimum Gasteiger partial charge on any atom is -0.459 e. The number of likely N-dealkylation sites (tertiary alicyclic amines) is 1. The summed E-state index contributed by atoms with van der Waals surface area (Å²) in [5.41, 5.74) is -1.87. The molecule has 0 aromatic carbocycles. The van der Waals surface area contributed by atoms with Crippen molar-refractivity contribution >= 4 is 29.8 Å². The van der Waals surface area contributed by atoms with Gasteiger partial charge in [0.25, 0.3) is 0 Å². The quantitative estimate of drug-likeness (QED) is 0.149. The molecule has 1 N–H and O–H groups in total. The van der Waals surface area contributed by atoms with Crippen LogP contribution in [0.1, 0.15) is 115 Å². The highest BCUT2D eigenvalue weighted by atomic mass is 16.6. The van der Waals surface area contributed by atoms with E-state index in [1.54, 1.807) is 52.5 Å². The number of fused-ring (bicyclic) bond motifs is 1. The van der Waals surface area contributed by atoms with Crippen LogP contribution in [0, 0.1) is 11.8 Å². The molecule has 0 saturated carbocycles. The lowest BCUT2D eigenvalue weighted by molar-refractivity contribution is -0.160. The molecule has 0 spiro atoms. The minimum absolute atomic E-state index is 0.0141. The Labute approximate surface area is 318 Å². The topological polar surface area (TPSA) is 135 Å². The fraction of sp³-hybridized carbons (Fsp3) is 0.732. The molecule has 3 heterocycles. The van der Waals surface area contributed by atoms with Crippen LogP contribution in [0.3, 0.4) is 0 Å². The van der Waals surface area contributed by atoms with Gasteiger partial charge in [0.05, 0.1) is 18.1 Å². The normalized spacial score (nSPS) is 23.8. The molecule has 3 aliphatic heterocycles. The summed E-state index contributed by atoms with van der Waals surface area (Å²) in [5.74, 6) is -1.08. The van der Waals surface area contributed by atoms with Crippen LogP contribution in [0.5, 0.6) is 0 Å². The number of carbonyl (C=O) groups excluding carboxylic acids is 5. The molecule has 6 atom stereocenters. The third-order valence-corrected chi connectivity index (χ3v) is 8.98. The van der Waals surface area contributed by atoms with Gasteiger partial charge in [0.2, 0.25) is 11.8 Å². The molecule has 0 radical (unpaired) electrons. The van der Waals surface area contributed by atoms with Gasteiger partial charge in [-0.15, -0.1) is 6.58 Å². The van der Waals surface area contributed by atoms with Crippen LogP contribution in [-0.4, -0.2) is 112 Å². The van der Waals surface area contributed by atoms with Crippen LogP contribution in [0.25, 0.3) is 0 Å². The standard InChI is InChI=1S/C25H42N2O5.C16H26N2O3/c1-10-13-14-19(12-3)27(17-20(28)31-24(4,5)6)22(29)21-18(11-2)15-16-26(21)23(30)32-25(7,8)9;1-5-12-7-6-11-8-9-17-14(11)15(20)18(12)10-13(19)21-16(2,3)4/h11,13-14,18-19,21H,2,10,12,15-17H2,1,3-9H3;6-7,11-12,14,17H,5,8-10H2,1-4H3/b14-13+;/t18-,19+,21-;11-,12+,14-/m00/s1. The predicted molar refractivity (Wildman–Crippen MR) is 207 cm³/mol. The minimum atomic E-state index is -0.770. The molecule has 3 rings (SSSR count). The first kappa shape index (κ1) is 45.5. The van der Waals surface area contributed by atoms with E-state index >= 15 is 0 Å². The van der Waals surface area contributed by atoms with Crippen LogP contribution in [0.15, 0.2) is 37.0 Å². The Morgan fingerprint density at radius 3 is 2.06 bits per heavy atom. The molecule has 0 unspecified atom stereocenters. The second kappa shape index (κ2) is 19.6. The predicted octanol–water partition coefficient (Wildman–Crippen LogP) is 6.20. The van der Waals surface area contributed by atoms with Gasteiger partial charge >= 0.3 is 18.0 Å². The van der Waals surface area contributed by atoms with E-state index in [0.717, 1.165) is 25.8 Å². The highest BCUT2D eigenvalue weighted by Crippen LogP contribution is 2.30. The number of hydrogen-bond donors (Lipinski definition) is 1.